The van der Waals surface area contributed by atoms with E-state index in [9.17, 15) is 5.11 Å². The molecule has 0 saturated carbocycles. The highest BCUT2D eigenvalue weighted by atomic mass is 16.3. The number of aromatic hydroxyl groups is 1. The van der Waals surface area contributed by atoms with Gasteiger partial charge in [-0.05, 0) is 47.7 Å². The first kappa shape index (κ1) is 18.8. The third-order valence-corrected chi connectivity index (χ3v) is 4.85. The zero-order chi connectivity index (χ0) is 19.1. The Labute approximate surface area is 161 Å². The van der Waals surface area contributed by atoms with Crippen LogP contribution in [0.1, 0.15) is 48.9 Å². The smallest absolute Gasteiger partial charge is 0.138 e. The van der Waals surface area contributed by atoms with E-state index in [-0.39, 0.29) is 11.8 Å². The minimum absolute atomic E-state index is 0.0137. The zero-order valence-corrected chi connectivity index (χ0v) is 15.9. The van der Waals surface area contributed by atoms with Crippen molar-refractivity contribution in [2.75, 3.05) is 11.1 Å². The van der Waals surface area contributed by atoms with E-state index in [1.165, 1.54) is 36.0 Å². The first-order valence-electron chi connectivity index (χ1n) is 9.66. The average molecular weight is 361 g/mol. The van der Waals surface area contributed by atoms with Crippen LogP contribution in [-0.2, 0) is 6.42 Å². The Bertz CT molecular complexity index is 844. The number of phenolic OH excluding ortho intramolecular Hbond substituents is 1. The maximum absolute atomic E-state index is 9.68. The summed E-state index contributed by atoms with van der Waals surface area (Å²) in [6.07, 6.45) is 4.89. The summed E-state index contributed by atoms with van der Waals surface area (Å²) in [5.41, 5.74) is 10.9. The molecule has 0 fully saturated rings. The maximum atomic E-state index is 9.68. The van der Waals surface area contributed by atoms with E-state index in [4.69, 9.17) is 5.73 Å². The van der Waals surface area contributed by atoms with Gasteiger partial charge in [0.1, 0.15) is 5.75 Å². The Kier molecular flexibility index (Phi) is 6.37. The molecule has 3 rings (SSSR count). The molecule has 0 heterocycles. The van der Waals surface area contributed by atoms with Crippen LogP contribution in [-0.4, -0.2) is 5.11 Å². The second kappa shape index (κ2) is 9.13. The predicted octanol–water partition coefficient (Wildman–Crippen LogP) is 5.91. The number of nitrogen functional groups attached to an aromatic ring is 1. The maximum Gasteiger partial charge on any atom is 0.138 e. The Hall–Kier alpha value is -2.94. The largest absolute Gasteiger partial charge is 0.506 e. The van der Waals surface area contributed by atoms with Crippen molar-refractivity contribution in [1.29, 1.82) is 0 Å². The molecule has 4 N–H and O–H groups in total. The van der Waals surface area contributed by atoms with Gasteiger partial charge in [0, 0.05) is 5.69 Å². The molecule has 0 spiro atoms. The zero-order valence-electron chi connectivity index (χ0n) is 15.9. The molecule has 0 bridgehead atoms. The fourth-order valence-corrected chi connectivity index (χ4v) is 3.27. The van der Waals surface area contributed by atoms with Gasteiger partial charge in [-0.25, -0.2) is 0 Å². The molecular formula is C24H28N2O. The number of anilines is 2. The lowest BCUT2D eigenvalue weighted by Gasteiger charge is -2.22. The van der Waals surface area contributed by atoms with Crippen LogP contribution >= 0.6 is 0 Å². The molecule has 3 aromatic carbocycles. The van der Waals surface area contributed by atoms with E-state index in [0.717, 1.165) is 12.1 Å². The molecule has 0 aliphatic rings. The monoisotopic (exact) mass is 360 g/mol. The van der Waals surface area contributed by atoms with Crippen LogP contribution in [0.4, 0.5) is 11.4 Å². The van der Waals surface area contributed by atoms with Crippen molar-refractivity contribution in [3.63, 3.8) is 0 Å². The van der Waals surface area contributed by atoms with Crippen molar-refractivity contribution in [3.8, 4) is 5.75 Å². The highest BCUT2D eigenvalue weighted by molar-refractivity contribution is 5.63. The van der Waals surface area contributed by atoms with Crippen molar-refractivity contribution < 1.29 is 5.11 Å². The second-order valence-corrected chi connectivity index (χ2v) is 6.96. The summed E-state index contributed by atoms with van der Waals surface area (Å²) in [5.74, 6) is 0.105. The molecule has 27 heavy (non-hydrogen) atoms. The van der Waals surface area contributed by atoms with Gasteiger partial charge < -0.3 is 16.2 Å². The van der Waals surface area contributed by atoms with Crippen molar-refractivity contribution >= 4 is 11.4 Å². The quantitative estimate of drug-likeness (QED) is 0.203. The number of rotatable bonds is 8. The van der Waals surface area contributed by atoms with Crippen molar-refractivity contribution in [3.05, 3.63) is 89.5 Å². The van der Waals surface area contributed by atoms with Gasteiger partial charge in [-0.3, -0.25) is 0 Å². The molecular weight excluding hydrogens is 332 g/mol. The lowest BCUT2D eigenvalue weighted by atomic mass is 9.96. The molecule has 0 aliphatic heterocycles. The van der Waals surface area contributed by atoms with Crippen LogP contribution in [0.25, 0.3) is 0 Å². The summed E-state index contributed by atoms with van der Waals surface area (Å²) in [6.45, 7) is 2.23. The number of benzene rings is 3. The molecule has 0 aromatic heterocycles. The summed E-state index contributed by atoms with van der Waals surface area (Å²) in [5, 5.41) is 13.2. The van der Waals surface area contributed by atoms with Gasteiger partial charge in [-0.2, -0.15) is 0 Å². The van der Waals surface area contributed by atoms with Crippen LogP contribution < -0.4 is 11.1 Å². The Morgan fingerprint density at radius 2 is 1.59 bits per heavy atom. The number of hydrogen-bond acceptors (Lipinski definition) is 3. The normalized spacial score (nSPS) is 11.9. The molecule has 140 valence electrons. The number of unbranched alkanes of at least 4 members (excludes halogenated alkanes) is 2. The average Bonchev–Trinajstić information content (AvgIpc) is 2.70. The molecule has 0 amide bonds. The Morgan fingerprint density at radius 3 is 2.26 bits per heavy atom. The highest BCUT2D eigenvalue weighted by Crippen LogP contribution is 2.30. The highest BCUT2D eigenvalue weighted by Gasteiger charge is 2.14. The SMILES string of the molecule is CCCCCc1ccc(C(Nc2ccc(O)c(N)c2)c2ccccc2)cc1. The molecule has 1 unspecified atom stereocenters. The van der Waals surface area contributed by atoms with Crippen LogP contribution in [0.15, 0.2) is 72.8 Å². The summed E-state index contributed by atoms with van der Waals surface area (Å²) in [4.78, 5) is 0. The standard InChI is InChI=1S/C24H28N2O/c1-2-3-5-8-18-11-13-20(14-12-18)24(19-9-6-4-7-10-19)26-21-15-16-23(27)22(25)17-21/h4,6-7,9-17,24,26-27H,2-3,5,8,25H2,1H3. The van der Waals surface area contributed by atoms with E-state index in [1.54, 1.807) is 12.1 Å². The fraction of sp³-hybridized carbons (Fsp3) is 0.250. The molecule has 0 saturated heterocycles. The van der Waals surface area contributed by atoms with Crippen molar-refractivity contribution in [1.82, 2.24) is 0 Å². The minimum Gasteiger partial charge on any atom is -0.506 e. The van der Waals surface area contributed by atoms with Gasteiger partial charge in [0.15, 0.2) is 0 Å². The molecule has 3 heteroatoms. The summed E-state index contributed by atoms with van der Waals surface area (Å²) >= 11 is 0. The second-order valence-electron chi connectivity index (χ2n) is 6.96. The summed E-state index contributed by atoms with van der Waals surface area (Å²) in [6, 6.07) is 24.5. The number of hydrogen-bond donors (Lipinski definition) is 3. The van der Waals surface area contributed by atoms with Gasteiger partial charge in [0.2, 0.25) is 0 Å². The first-order chi connectivity index (χ1) is 13.2. The summed E-state index contributed by atoms with van der Waals surface area (Å²) < 4.78 is 0. The Morgan fingerprint density at radius 1 is 0.889 bits per heavy atom. The van der Waals surface area contributed by atoms with E-state index >= 15 is 0 Å². The lowest BCUT2D eigenvalue weighted by molar-refractivity contribution is 0.478. The molecule has 1 atom stereocenters. The third-order valence-electron chi connectivity index (χ3n) is 4.85. The van der Waals surface area contributed by atoms with E-state index in [1.807, 2.05) is 24.3 Å². The lowest BCUT2D eigenvalue weighted by Crippen LogP contribution is -2.12. The number of aryl methyl sites for hydroxylation is 1. The Balaban J connectivity index is 1.85. The van der Waals surface area contributed by atoms with Gasteiger partial charge in [0.05, 0.1) is 11.7 Å². The van der Waals surface area contributed by atoms with E-state index in [2.05, 4.69) is 48.6 Å². The van der Waals surface area contributed by atoms with Crippen LogP contribution in [0.3, 0.4) is 0 Å². The van der Waals surface area contributed by atoms with Crippen LogP contribution in [0, 0.1) is 0 Å². The van der Waals surface area contributed by atoms with Crippen LogP contribution in [0.2, 0.25) is 0 Å². The van der Waals surface area contributed by atoms with Gasteiger partial charge in [-0.15, -0.1) is 0 Å². The van der Waals surface area contributed by atoms with Crippen molar-refractivity contribution in [2.24, 2.45) is 0 Å². The van der Waals surface area contributed by atoms with Crippen LogP contribution in [0.5, 0.6) is 5.75 Å². The fourth-order valence-electron chi connectivity index (χ4n) is 3.27. The van der Waals surface area contributed by atoms with Crippen molar-refractivity contribution in [2.45, 2.75) is 38.6 Å². The number of phenols is 1. The third kappa shape index (κ3) is 5.04. The number of nitrogens with one attached hydrogen (secondary N) is 1. The number of nitrogens with two attached hydrogens (primary N) is 1. The molecule has 3 aromatic rings. The first-order valence-corrected chi connectivity index (χ1v) is 9.66. The predicted molar refractivity (Wildman–Crippen MR) is 114 cm³/mol. The van der Waals surface area contributed by atoms with Gasteiger partial charge in [-0.1, -0.05) is 74.4 Å². The van der Waals surface area contributed by atoms with Gasteiger partial charge in [0.25, 0.3) is 0 Å². The molecule has 0 aliphatic carbocycles. The molecule has 3 nitrogen and oxygen atoms in total. The summed E-state index contributed by atoms with van der Waals surface area (Å²) in [7, 11) is 0. The minimum atomic E-state index is 0.0137. The topological polar surface area (TPSA) is 58.3 Å². The molecule has 0 radical (unpaired) electrons. The van der Waals surface area contributed by atoms with Gasteiger partial charge >= 0.3 is 0 Å². The van der Waals surface area contributed by atoms with E-state index in [0.29, 0.717) is 5.69 Å². The van der Waals surface area contributed by atoms with E-state index < -0.39 is 0 Å².